The lowest BCUT2D eigenvalue weighted by molar-refractivity contribution is 0.105. The highest BCUT2D eigenvalue weighted by Crippen LogP contribution is 2.23. The van der Waals surface area contributed by atoms with Gasteiger partial charge in [-0.2, -0.15) is 0 Å². The van der Waals surface area contributed by atoms with Gasteiger partial charge in [-0.3, -0.25) is 14.6 Å². The van der Waals surface area contributed by atoms with Crippen LogP contribution in [0.5, 0.6) is 5.75 Å². The Morgan fingerprint density at radius 1 is 0.704 bits per heavy atom. The Hall–Kier alpha value is -4.15. The zero-order chi connectivity index (χ0) is 19.1. The van der Waals surface area contributed by atoms with Crippen molar-refractivity contribution in [2.75, 3.05) is 0 Å². The molecule has 1 N–H and O–H groups in total. The van der Waals surface area contributed by atoms with Gasteiger partial charge in [-0.05, 0) is 48.2 Å². The average Bonchev–Trinajstić information content (AvgIpc) is 2.72. The van der Waals surface area contributed by atoms with Gasteiger partial charge < -0.3 is 5.11 Å². The van der Waals surface area contributed by atoms with Gasteiger partial charge in [0.15, 0.2) is 0 Å². The number of nitrogens with zero attached hydrogens (tertiary/aromatic N) is 1. The Labute approximate surface area is 156 Å². The number of aromatic hydroxyl groups is 1. The quantitative estimate of drug-likeness (QED) is 0.568. The second-order valence-corrected chi connectivity index (χ2v) is 5.46. The number of aromatic nitrogens is 1. The first-order chi connectivity index (χ1) is 13.1. The molecule has 1 aromatic heterocycles. The van der Waals surface area contributed by atoms with E-state index >= 15 is 0 Å². The molecule has 3 aromatic rings. The minimum absolute atomic E-state index is 0.0324. The lowest BCUT2D eigenvalue weighted by Crippen LogP contribution is -2.02. The molecular formula is C23H13NO3. The Morgan fingerprint density at radius 3 is 1.78 bits per heavy atom. The van der Waals surface area contributed by atoms with E-state index in [1.54, 1.807) is 36.7 Å². The molecular weight excluding hydrogens is 338 g/mol. The molecule has 0 bridgehead atoms. The third-order valence-corrected chi connectivity index (χ3v) is 3.62. The summed E-state index contributed by atoms with van der Waals surface area (Å²) in [5.74, 6) is 8.79. The Morgan fingerprint density at radius 2 is 1.22 bits per heavy atom. The summed E-state index contributed by atoms with van der Waals surface area (Å²) in [6.07, 6.45) is 3.13. The number of rotatable bonds is 2. The molecule has 0 saturated carbocycles. The van der Waals surface area contributed by atoms with Crippen molar-refractivity contribution in [3.8, 4) is 29.4 Å². The molecule has 0 fully saturated rings. The number of phenolic OH excluding ortho intramolecular Hbond substituents is 1. The van der Waals surface area contributed by atoms with Gasteiger partial charge in [0.25, 0.3) is 0 Å². The van der Waals surface area contributed by atoms with E-state index in [0.29, 0.717) is 11.1 Å². The van der Waals surface area contributed by atoms with Crippen LogP contribution >= 0.6 is 0 Å². The Kier molecular flexibility index (Phi) is 5.42. The van der Waals surface area contributed by atoms with Crippen LogP contribution in [-0.2, 0) is 0 Å². The van der Waals surface area contributed by atoms with Gasteiger partial charge in [0.05, 0.1) is 11.1 Å². The molecule has 1 heterocycles. The zero-order valence-corrected chi connectivity index (χ0v) is 14.1. The highest BCUT2D eigenvalue weighted by atomic mass is 16.3. The van der Waals surface area contributed by atoms with Crippen molar-refractivity contribution in [3.63, 3.8) is 0 Å². The van der Waals surface area contributed by atoms with Gasteiger partial charge >= 0.3 is 0 Å². The number of carbonyl (C=O) groups is 2. The second-order valence-electron chi connectivity index (χ2n) is 5.46. The van der Waals surface area contributed by atoms with Gasteiger partial charge in [-0.25, -0.2) is 0 Å². The summed E-state index contributed by atoms with van der Waals surface area (Å²) in [4.78, 5) is 28.5. The van der Waals surface area contributed by atoms with E-state index in [-0.39, 0.29) is 11.1 Å². The van der Waals surface area contributed by atoms with Crippen LogP contribution in [0.2, 0.25) is 0 Å². The highest BCUT2D eigenvalue weighted by molar-refractivity contribution is 6.16. The lowest BCUT2D eigenvalue weighted by Gasteiger charge is -2.03. The molecule has 3 rings (SSSR count). The molecule has 27 heavy (non-hydrogen) atoms. The van der Waals surface area contributed by atoms with Crippen LogP contribution in [0.25, 0.3) is 0 Å². The van der Waals surface area contributed by atoms with E-state index < -0.39 is 17.3 Å². The summed E-state index contributed by atoms with van der Waals surface area (Å²) in [7, 11) is 0. The number of benzene rings is 2. The van der Waals surface area contributed by atoms with Crippen molar-refractivity contribution in [1.82, 2.24) is 4.98 Å². The molecule has 0 aliphatic heterocycles. The summed E-state index contributed by atoms with van der Waals surface area (Å²) < 4.78 is 0. The van der Waals surface area contributed by atoms with Gasteiger partial charge in [0, 0.05) is 23.5 Å². The monoisotopic (exact) mass is 351 g/mol. The maximum absolute atomic E-state index is 12.3. The van der Waals surface area contributed by atoms with Gasteiger partial charge in [-0.15, -0.1) is 0 Å². The van der Waals surface area contributed by atoms with Gasteiger partial charge in [0.1, 0.15) is 5.75 Å². The largest absolute Gasteiger partial charge is 0.506 e. The van der Waals surface area contributed by atoms with Gasteiger partial charge in [0.2, 0.25) is 11.6 Å². The van der Waals surface area contributed by atoms with Crippen LogP contribution in [-0.4, -0.2) is 21.7 Å². The van der Waals surface area contributed by atoms with E-state index in [9.17, 15) is 14.7 Å². The predicted molar refractivity (Wildman–Crippen MR) is 101 cm³/mol. The van der Waals surface area contributed by atoms with E-state index in [1.165, 1.54) is 18.2 Å². The molecule has 2 aromatic carbocycles. The predicted octanol–water partition coefficient (Wildman–Crippen LogP) is 3.26. The van der Waals surface area contributed by atoms with Crippen molar-refractivity contribution in [2.24, 2.45) is 0 Å². The molecule has 0 saturated heterocycles. The lowest BCUT2D eigenvalue weighted by atomic mass is 10.0. The standard InChI is InChI=1S/C23H13NO3/c25-21(11-9-17-5-2-1-3-6-17)19-7-4-8-20(23(19)27)22(26)12-10-18-13-15-24-16-14-18/h1-8,13-16,27H. The molecule has 0 atom stereocenters. The SMILES string of the molecule is O=C(C#Cc1ccccc1)c1cccc(C(=O)C#Cc2ccncc2)c1O. The first kappa shape index (κ1) is 17.7. The van der Waals surface area contributed by atoms with Crippen molar-refractivity contribution in [3.05, 3.63) is 95.3 Å². The van der Waals surface area contributed by atoms with E-state index in [4.69, 9.17) is 0 Å². The molecule has 128 valence electrons. The van der Waals surface area contributed by atoms with Crippen molar-refractivity contribution >= 4 is 11.6 Å². The molecule has 4 nitrogen and oxygen atoms in total. The molecule has 0 unspecified atom stereocenters. The molecule has 0 spiro atoms. The second kappa shape index (κ2) is 8.29. The smallest absolute Gasteiger partial charge is 0.239 e. The number of Topliss-reactive ketones (excluding diaryl/α,β-unsaturated/α-hetero) is 2. The Bertz CT molecular complexity index is 1020. The van der Waals surface area contributed by atoms with Crippen LogP contribution in [0.15, 0.2) is 73.1 Å². The minimum Gasteiger partial charge on any atom is -0.506 e. The molecule has 4 heteroatoms. The number of phenols is 1. The highest BCUT2D eigenvalue weighted by Gasteiger charge is 2.16. The molecule has 0 amide bonds. The minimum atomic E-state index is -0.588. The average molecular weight is 351 g/mol. The van der Waals surface area contributed by atoms with Crippen LogP contribution in [0.3, 0.4) is 0 Å². The number of carbonyl (C=O) groups excluding carboxylic acids is 2. The van der Waals surface area contributed by atoms with E-state index in [1.807, 2.05) is 18.2 Å². The molecule has 0 aliphatic carbocycles. The molecule has 0 radical (unpaired) electrons. The first-order valence-electron chi connectivity index (χ1n) is 8.05. The fraction of sp³-hybridized carbons (Fsp3) is 0. The van der Waals surface area contributed by atoms with Crippen LogP contribution in [0, 0.1) is 23.7 Å². The maximum Gasteiger partial charge on any atom is 0.239 e. The van der Waals surface area contributed by atoms with E-state index in [0.717, 1.165) is 0 Å². The normalized spacial score (nSPS) is 9.33. The third kappa shape index (κ3) is 4.48. The van der Waals surface area contributed by atoms with E-state index in [2.05, 4.69) is 28.7 Å². The van der Waals surface area contributed by atoms with Crippen molar-refractivity contribution < 1.29 is 14.7 Å². The van der Waals surface area contributed by atoms with Crippen molar-refractivity contribution in [1.29, 1.82) is 0 Å². The van der Waals surface area contributed by atoms with Crippen molar-refractivity contribution in [2.45, 2.75) is 0 Å². The fourth-order valence-electron chi connectivity index (χ4n) is 2.26. The number of ketones is 2. The topological polar surface area (TPSA) is 67.3 Å². The summed E-state index contributed by atoms with van der Waals surface area (Å²) in [5, 5.41) is 10.3. The summed E-state index contributed by atoms with van der Waals surface area (Å²) in [6, 6.07) is 16.7. The van der Waals surface area contributed by atoms with Crippen LogP contribution in [0.4, 0.5) is 0 Å². The number of pyridine rings is 1. The first-order valence-corrected chi connectivity index (χ1v) is 8.05. The number of hydrogen-bond acceptors (Lipinski definition) is 4. The fourth-order valence-corrected chi connectivity index (χ4v) is 2.26. The van der Waals surface area contributed by atoms with Crippen LogP contribution < -0.4 is 0 Å². The third-order valence-electron chi connectivity index (χ3n) is 3.62. The zero-order valence-electron chi connectivity index (χ0n) is 14.1. The number of hydrogen-bond donors (Lipinski definition) is 1. The summed E-state index contributed by atoms with van der Waals surface area (Å²) in [5.41, 5.74) is 1.23. The molecule has 0 aliphatic rings. The maximum atomic E-state index is 12.3. The van der Waals surface area contributed by atoms with Gasteiger partial charge in [-0.1, -0.05) is 36.1 Å². The van der Waals surface area contributed by atoms with Crippen LogP contribution in [0.1, 0.15) is 31.8 Å². The summed E-state index contributed by atoms with van der Waals surface area (Å²) in [6.45, 7) is 0. The Balaban J connectivity index is 1.86. The number of para-hydroxylation sites is 1. The summed E-state index contributed by atoms with van der Waals surface area (Å²) >= 11 is 0.